The van der Waals surface area contributed by atoms with Gasteiger partial charge < -0.3 is 49.1 Å². The number of nitrogens with two attached hydrogens (primary N) is 4. The Morgan fingerprint density at radius 3 is 1.36 bits per heavy atom. The van der Waals surface area contributed by atoms with E-state index in [2.05, 4.69) is 10.6 Å². The van der Waals surface area contributed by atoms with Gasteiger partial charge in [-0.1, -0.05) is 0 Å². The predicted octanol–water partition coefficient (Wildman–Crippen LogP) is -4.88. The summed E-state index contributed by atoms with van der Waals surface area (Å²) in [6.07, 6.45) is -2.95. The number of carbonyl (C=O) groups excluding carboxylic acids is 6. The molecule has 4 unspecified atom stereocenters. The van der Waals surface area contributed by atoms with Gasteiger partial charge in [-0.05, 0) is 19.3 Å². The minimum absolute atomic E-state index is 0.259. The smallest absolute Gasteiger partial charge is 0.326 e. The van der Waals surface area contributed by atoms with Crippen LogP contribution in [0, 0.1) is 0 Å². The molecule has 17 heteroatoms. The number of carboxylic acid groups (broad SMARTS) is 2. The van der Waals surface area contributed by atoms with Crippen LogP contribution in [-0.2, 0) is 38.4 Å². The lowest BCUT2D eigenvalue weighted by Gasteiger charge is -2.24. The number of primary amides is 3. The van der Waals surface area contributed by atoms with Crippen LogP contribution in [0.5, 0.6) is 0 Å². The van der Waals surface area contributed by atoms with Gasteiger partial charge in [0.05, 0.1) is 12.5 Å². The molecular weight excluding hydrogens is 486 g/mol. The van der Waals surface area contributed by atoms with Crippen LogP contribution in [0.3, 0.4) is 0 Å². The molecule has 0 aromatic carbocycles. The average molecular weight is 517 g/mol. The maximum Gasteiger partial charge on any atom is 0.326 e. The van der Waals surface area contributed by atoms with Crippen LogP contribution in [-0.4, -0.2) is 81.8 Å². The van der Waals surface area contributed by atoms with Crippen molar-refractivity contribution >= 4 is 47.4 Å². The summed E-state index contributed by atoms with van der Waals surface area (Å²) in [6.45, 7) is 0. The van der Waals surface area contributed by atoms with Crippen LogP contribution in [0.1, 0.15) is 44.9 Å². The molecule has 0 spiro atoms. The molecule has 0 rings (SSSR count). The van der Waals surface area contributed by atoms with Gasteiger partial charge in [0.25, 0.3) is 0 Å². The zero-order chi connectivity index (χ0) is 28.0. The van der Waals surface area contributed by atoms with E-state index in [1.807, 2.05) is 5.32 Å². The molecule has 202 valence electrons. The number of hydrogen-bond acceptors (Lipinski definition) is 9. The number of carbonyl (C=O) groups is 8. The van der Waals surface area contributed by atoms with E-state index in [0.29, 0.717) is 0 Å². The monoisotopic (exact) mass is 517 g/mol. The molecule has 0 saturated heterocycles. The van der Waals surface area contributed by atoms with Gasteiger partial charge in [-0.15, -0.1) is 0 Å². The first-order valence-electron chi connectivity index (χ1n) is 10.6. The molecule has 0 aliphatic carbocycles. The van der Waals surface area contributed by atoms with E-state index in [1.165, 1.54) is 0 Å². The maximum absolute atomic E-state index is 12.8. The third-order valence-electron chi connectivity index (χ3n) is 4.65. The van der Waals surface area contributed by atoms with E-state index in [-0.39, 0.29) is 25.7 Å². The zero-order valence-corrected chi connectivity index (χ0v) is 19.2. The quantitative estimate of drug-likeness (QED) is 0.0829. The Morgan fingerprint density at radius 1 is 0.583 bits per heavy atom. The minimum Gasteiger partial charge on any atom is -0.481 e. The lowest BCUT2D eigenvalue weighted by Crippen LogP contribution is -2.57. The molecule has 4 atom stereocenters. The van der Waals surface area contributed by atoms with Gasteiger partial charge in [-0.3, -0.25) is 33.6 Å². The third-order valence-corrected chi connectivity index (χ3v) is 4.65. The highest BCUT2D eigenvalue weighted by Gasteiger charge is 2.31. The molecule has 17 nitrogen and oxygen atoms in total. The van der Waals surface area contributed by atoms with Crippen molar-refractivity contribution in [1.29, 1.82) is 0 Å². The summed E-state index contributed by atoms with van der Waals surface area (Å²) in [5, 5.41) is 24.3. The maximum atomic E-state index is 12.8. The van der Waals surface area contributed by atoms with E-state index in [1.54, 1.807) is 0 Å². The second-order valence-corrected chi connectivity index (χ2v) is 7.74. The lowest BCUT2D eigenvalue weighted by atomic mass is 10.1. The van der Waals surface area contributed by atoms with Crippen LogP contribution in [0.25, 0.3) is 0 Å². The highest BCUT2D eigenvalue weighted by Crippen LogP contribution is 2.05. The first-order valence-corrected chi connectivity index (χ1v) is 10.6. The predicted molar refractivity (Wildman–Crippen MR) is 119 cm³/mol. The SMILES string of the molecule is NC(=O)CCC(NC(=O)C(N)CCC(=O)O)C(=O)NC(CCC(N)=O)C(=O)NC(CC(N)=O)C(=O)O. The van der Waals surface area contributed by atoms with E-state index < -0.39 is 90.8 Å². The number of amides is 6. The van der Waals surface area contributed by atoms with Crippen molar-refractivity contribution in [3.63, 3.8) is 0 Å². The second kappa shape index (κ2) is 15.6. The van der Waals surface area contributed by atoms with Gasteiger partial charge in [-0.25, -0.2) is 4.79 Å². The minimum atomic E-state index is -1.74. The molecule has 0 heterocycles. The highest BCUT2D eigenvalue weighted by molar-refractivity contribution is 5.95. The number of carboxylic acids is 2. The van der Waals surface area contributed by atoms with Crippen LogP contribution >= 0.6 is 0 Å². The normalized spacial score (nSPS) is 13.8. The molecule has 0 bridgehead atoms. The van der Waals surface area contributed by atoms with E-state index in [0.717, 1.165) is 0 Å². The summed E-state index contributed by atoms with van der Waals surface area (Å²) in [4.78, 5) is 93.2. The van der Waals surface area contributed by atoms with Crippen molar-refractivity contribution in [3.05, 3.63) is 0 Å². The molecule has 36 heavy (non-hydrogen) atoms. The topological polar surface area (TPSA) is 317 Å². The summed E-state index contributed by atoms with van der Waals surface area (Å²) in [5.41, 5.74) is 20.7. The Balaban J connectivity index is 5.64. The molecule has 0 saturated carbocycles. The summed E-state index contributed by atoms with van der Waals surface area (Å²) in [5.74, 6) is -8.56. The fourth-order valence-electron chi connectivity index (χ4n) is 2.75. The van der Waals surface area contributed by atoms with Crippen molar-refractivity contribution in [1.82, 2.24) is 16.0 Å². The molecule has 0 aliphatic heterocycles. The van der Waals surface area contributed by atoms with Crippen molar-refractivity contribution in [2.24, 2.45) is 22.9 Å². The summed E-state index contributed by atoms with van der Waals surface area (Å²) < 4.78 is 0. The molecule has 0 aromatic heterocycles. The summed E-state index contributed by atoms with van der Waals surface area (Å²) in [6, 6.07) is -6.07. The Hall–Kier alpha value is -4.28. The zero-order valence-electron chi connectivity index (χ0n) is 19.2. The second-order valence-electron chi connectivity index (χ2n) is 7.74. The fourth-order valence-corrected chi connectivity index (χ4v) is 2.75. The Bertz CT molecular complexity index is 879. The summed E-state index contributed by atoms with van der Waals surface area (Å²) >= 11 is 0. The van der Waals surface area contributed by atoms with Crippen LogP contribution in [0.4, 0.5) is 0 Å². The van der Waals surface area contributed by atoms with E-state index >= 15 is 0 Å². The van der Waals surface area contributed by atoms with Gasteiger partial charge in [0.15, 0.2) is 0 Å². The Labute approximate surface area is 204 Å². The van der Waals surface area contributed by atoms with Crippen molar-refractivity contribution < 1.29 is 48.6 Å². The van der Waals surface area contributed by atoms with Gasteiger partial charge in [0.1, 0.15) is 18.1 Å². The first-order chi connectivity index (χ1) is 16.6. The van der Waals surface area contributed by atoms with Gasteiger partial charge in [0, 0.05) is 19.3 Å². The van der Waals surface area contributed by atoms with E-state index in [9.17, 15) is 38.4 Å². The van der Waals surface area contributed by atoms with Gasteiger partial charge in [-0.2, -0.15) is 0 Å². The number of aliphatic carboxylic acids is 2. The number of nitrogens with one attached hydrogen (secondary N) is 3. The van der Waals surface area contributed by atoms with Crippen LogP contribution in [0.15, 0.2) is 0 Å². The standard InChI is InChI=1S/C19H31N7O10/c20-8(1-6-15(30)31)16(32)24-9(2-4-12(21)27)17(33)25-10(3-5-13(22)28)18(34)26-11(19(35)36)7-14(23)29/h8-11H,1-7,20H2,(H2,21,27)(H2,22,28)(H2,23,29)(H,24,32)(H,25,33)(H,26,34)(H,30,31)(H,35,36). The van der Waals surface area contributed by atoms with Crippen molar-refractivity contribution in [2.75, 3.05) is 0 Å². The van der Waals surface area contributed by atoms with Crippen molar-refractivity contribution in [3.8, 4) is 0 Å². The average Bonchev–Trinajstić information content (AvgIpc) is 2.75. The number of hydrogen-bond donors (Lipinski definition) is 9. The first kappa shape index (κ1) is 31.7. The van der Waals surface area contributed by atoms with Crippen LogP contribution in [0.2, 0.25) is 0 Å². The fraction of sp³-hybridized carbons (Fsp3) is 0.579. The van der Waals surface area contributed by atoms with Gasteiger partial charge in [0.2, 0.25) is 35.4 Å². The van der Waals surface area contributed by atoms with E-state index in [4.69, 9.17) is 33.1 Å². The molecule has 0 fully saturated rings. The largest absolute Gasteiger partial charge is 0.481 e. The number of rotatable bonds is 18. The molecule has 13 N–H and O–H groups in total. The molecule has 0 aliphatic rings. The Morgan fingerprint density at radius 2 is 1.00 bits per heavy atom. The molecule has 0 radical (unpaired) electrons. The lowest BCUT2D eigenvalue weighted by molar-refractivity contribution is -0.144. The molecular formula is C19H31N7O10. The molecule has 6 amide bonds. The third kappa shape index (κ3) is 13.4. The van der Waals surface area contributed by atoms with Crippen molar-refractivity contribution in [2.45, 2.75) is 69.1 Å². The highest BCUT2D eigenvalue weighted by atomic mass is 16.4. The Kier molecular flexibility index (Phi) is 13.7. The van der Waals surface area contributed by atoms with Gasteiger partial charge >= 0.3 is 11.9 Å². The van der Waals surface area contributed by atoms with Crippen LogP contribution < -0.4 is 38.9 Å². The summed E-state index contributed by atoms with van der Waals surface area (Å²) in [7, 11) is 0. The molecule has 0 aromatic rings.